The quantitative estimate of drug-likeness (QED) is 0.741. The Bertz CT molecular complexity index is 544. The molecule has 2 N–H and O–H groups in total. The number of methoxy groups -OCH3 is 1. The number of ether oxygens (including phenoxy) is 1. The van der Waals surface area contributed by atoms with Gasteiger partial charge in [0.05, 0.1) is 25.0 Å². The van der Waals surface area contributed by atoms with Gasteiger partial charge < -0.3 is 20.1 Å². The van der Waals surface area contributed by atoms with E-state index in [1.165, 1.54) is 24.9 Å². The highest BCUT2D eigenvalue weighted by Crippen LogP contribution is 2.19. The molecule has 0 saturated carbocycles. The first-order valence-electron chi connectivity index (χ1n) is 6.25. The third kappa shape index (κ3) is 4.03. The molecule has 0 spiro atoms. The van der Waals surface area contributed by atoms with Crippen LogP contribution in [-0.4, -0.2) is 49.7 Å². The molecule has 0 aliphatic heterocycles. The molecule has 21 heavy (non-hydrogen) atoms. The number of carbonyl (C=O) groups excluding carboxylic acids is 3. The van der Waals surface area contributed by atoms with Crippen molar-refractivity contribution in [3.05, 3.63) is 29.8 Å². The number of amides is 2. The van der Waals surface area contributed by atoms with Gasteiger partial charge in [-0.05, 0) is 12.1 Å². The van der Waals surface area contributed by atoms with Gasteiger partial charge in [-0.15, -0.1) is 0 Å². The molecule has 0 saturated heterocycles. The van der Waals surface area contributed by atoms with E-state index < -0.39 is 24.5 Å². The molecular weight excluding hydrogens is 276 g/mol. The van der Waals surface area contributed by atoms with Gasteiger partial charge >= 0.3 is 5.97 Å². The summed E-state index contributed by atoms with van der Waals surface area (Å²) in [5, 5.41) is 11.5. The summed E-state index contributed by atoms with van der Waals surface area (Å²) >= 11 is 0. The molecule has 2 amide bonds. The second kappa shape index (κ2) is 7.39. The van der Waals surface area contributed by atoms with Crippen molar-refractivity contribution in [3.8, 4) is 0 Å². The molecule has 114 valence electrons. The lowest BCUT2D eigenvalue weighted by atomic mass is 10.1. The van der Waals surface area contributed by atoms with Crippen LogP contribution < -0.4 is 10.2 Å². The number of rotatable bonds is 5. The molecule has 0 fully saturated rings. The van der Waals surface area contributed by atoms with Crippen LogP contribution in [0.3, 0.4) is 0 Å². The maximum Gasteiger partial charge on any atom is 0.330 e. The van der Waals surface area contributed by atoms with Crippen molar-refractivity contribution >= 4 is 23.5 Å². The number of para-hydroxylation sites is 1. The van der Waals surface area contributed by atoms with E-state index in [9.17, 15) is 14.4 Å². The van der Waals surface area contributed by atoms with Crippen LogP contribution in [0.5, 0.6) is 0 Å². The molecule has 0 aromatic heterocycles. The Balaban J connectivity index is 3.02. The van der Waals surface area contributed by atoms with Crippen molar-refractivity contribution in [1.82, 2.24) is 5.32 Å². The van der Waals surface area contributed by atoms with Gasteiger partial charge in [-0.1, -0.05) is 12.1 Å². The average molecular weight is 294 g/mol. The maximum atomic E-state index is 12.2. The van der Waals surface area contributed by atoms with Crippen LogP contribution in [0, 0.1) is 0 Å². The van der Waals surface area contributed by atoms with Crippen molar-refractivity contribution in [1.29, 1.82) is 0 Å². The fraction of sp³-hybridized carbons (Fsp3) is 0.357. The smallest absolute Gasteiger partial charge is 0.330 e. The van der Waals surface area contributed by atoms with E-state index in [2.05, 4.69) is 10.1 Å². The monoisotopic (exact) mass is 294 g/mol. The molecule has 0 aliphatic carbocycles. The van der Waals surface area contributed by atoms with E-state index in [-0.39, 0.29) is 11.5 Å². The van der Waals surface area contributed by atoms with Crippen LogP contribution in [0.4, 0.5) is 5.69 Å². The van der Waals surface area contributed by atoms with Crippen LogP contribution >= 0.6 is 0 Å². The van der Waals surface area contributed by atoms with E-state index in [1.807, 2.05) is 0 Å². The predicted octanol–water partition coefficient (Wildman–Crippen LogP) is -0.0670. The standard InChI is InChI=1S/C14H18N2O5/c1-9(18)16(2)12-7-5-4-6-10(12)13(19)15-11(8-17)14(20)21-3/h4-7,11,17H,8H2,1-3H3,(H,15,19). The Labute approximate surface area is 122 Å². The Hall–Kier alpha value is -2.41. The lowest BCUT2D eigenvalue weighted by Crippen LogP contribution is -2.44. The molecule has 0 bridgehead atoms. The average Bonchev–Trinajstić information content (AvgIpc) is 2.50. The summed E-state index contributed by atoms with van der Waals surface area (Å²) < 4.78 is 4.48. The lowest BCUT2D eigenvalue weighted by molar-refractivity contribution is -0.143. The summed E-state index contributed by atoms with van der Waals surface area (Å²) in [7, 11) is 2.70. The molecule has 1 aromatic rings. The van der Waals surface area contributed by atoms with Gasteiger partial charge in [0.2, 0.25) is 5.91 Å². The SMILES string of the molecule is COC(=O)C(CO)NC(=O)c1ccccc1N(C)C(C)=O. The highest BCUT2D eigenvalue weighted by Gasteiger charge is 2.23. The van der Waals surface area contributed by atoms with Gasteiger partial charge in [0.15, 0.2) is 6.04 Å². The van der Waals surface area contributed by atoms with Crippen molar-refractivity contribution in [3.63, 3.8) is 0 Å². The Morgan fingerprint density at radius 3 is 2.48 bits per heavy atom. The fourth-order valence-electron chi connectivity index (χ4n) is 1.69. The summed E-state index contributed by atoms with van der Waals surface area (Å²) in [4.78, 5) is 36.3. The van der Waals surface area contributed by atoms with Crippen LogP contribution in [0.15, 0.2) is 24.3 Å². The molecule has 1 atom stereocenters. The maximum absolute atomic E-state index is 12.2. The molecule has 1 unspecified atom stereocenters. The molecule has 0 aliphatic rings. The predicted molar refractivity (Wildman–Crippen MR) is 75.9 cm³/mol. The second-order valence-corrected chi connectivity index (χ2v) is 4.33. The van der Waals surface area contributed by atoms with Gasteiger partial charge in [0.1, 0.15) is 0 Å². The summed E-state index contributed by atoms with van der Waals surface area (Å²) in [5.74, 6) is -1.56. The van der Waals surface area contributed by atoms with Crippen molar-refractivity contribution < 1.29 is 24.2 Å². The Morgan fingerprint density at radius 1 is 1.33 bits per heavy atom. The van der Waals surface area contributed by atoms with Gasteiger partial charge in [-0.25, -0.2) is 4.79 Å². The summed E-state index contributed by atoms with van der Waals surface area (Å²) in [6.45, 7) is 0.794. The highest BCUT2D eigenvalue weighted by molar-refractivity contribution is 6.05. The normalized spacial score (nSPS) is 11.4. The van der Waals surface area contributed by atoms with Crippen LogP contribution in [-0.2, 0) is 14.3 Å². The number of esters is 1. The zero-order valence-electron chi connectivity index (χ0n) is 12.1. The molecule has 1 aromatic carbocycles. The Kier molecular flexibility index (Phi) is 5.86. The third-order valence-corrected chi connectivity index (χ3v) is 2.96. The number of aliphatic hydroxyl groups is 1. The largest absolute Gasteiger partial charge is 0.467 e. The second-order valence-electron chi connectivity index (χ2n) is 4.33. The lowest BCUT2D eigenvalue weighted by Gasteiger charge is -2.20. The minimum absolute atomic E-state index is 0.220. The van der Waals surface area contributed by atoms with E-state index in [0.717, 1.165) is 7.11 Å². The number of hydrogen-bond donors (Lipinski definition) is 2. The van der Waals surface area contributed by atoms with Gasteiger partial charge in [0, 0.05) is 14.0 Å². The fourth-order valence-corrected chi connectivity index (χ4v) is 1.69. The molecule has 0 heterocycles. The van der Waals surface area contributed by atoms with Crippen LogP contribution in [0.1, 0.15) is 17.3 Å². The zero-order valence-corrected chi connectivity index (χ0v) is 12.1. The highest BCUT2D eigenvalue weighted by atomic mass is 16.5. The third-order valence-electron chi connectivity index (χ3n) is 2.96. The molecular formula is C14H18N2O5. The van der Waals surface area contributed by atoms with Crippen molar-refractivity contribution in [2.45, 2.75) is 13.0 Å². The van der Waals surface area contributed by atoms with E-state index in [1.54, 1.807) is 18.2 Å². The first-order chi connectivity index (χ1) is 9.92. The topological polar surface area (TPSA) is 95.9 Å². The number of nitrogens with zero attached hydrogens (tertiary/aromatic N) is 1. The van der Waals surface area contributed by atoms with Crippen LogP contribution in [0.25, 0.3) is 0 Å². The van der Waals surface area contributed by atoms with E-state index >= 15 is 0 Å². The molecule has 7 nitrogen and oxygen atoms in total. The minimum atomic E-state index is -1.15. The molecule has 1 rings (SSSR count). The minimum Gasteiger partial charge on any atom is -0.467 e. The number of aliphatic hydroxyl groups excluding tert-OH is 1. The van der Waals surface area contributed by atoms with Crippen molar-refractivity contribution in [2.75, 3.05) is 25.7 Å². The Morgan fingerprint density at radius 2 is 1.95 bits per heavy atom. The number of anilines is 1. The van der Waals surface area contributed by atoms with Gasteiger partial charge in [-0.2, -0.15) is 0 Å². The first kappa shape index (κ1) is 16.6. The van der Waals surface area contributed by atoms with Gasteiger partial charge in [-0.3, -0.25) is 9.59 Å². The number of nitrogens with one attached hydrogen (secondary N) is 1. The number of benzene rings is 1. The van der Waals surface area contributed by atoms with E-state index in [4.69, 9.17) is 5.11 Å². The number of carbonyl (C=O) groups is 3. The first-order valence-corrected chi connectivity index (χ1v) is 6.25. The van der Waals surface area contributed by atoms with Crippen molar-refractivity contribution in [2.24, 2.45) is 0 Å². The zero-order chi connectivity index (χ0) is 16.0. The molecule has 7 heteroatoms. The summed E-state index contributed by atoms with van der Waals surface area (Å²) in [6.07, 6.45) is 0. The summed E-state index contributed by atoms with van der Waals surface area (Å²) in [6, 6.07) is 5.31. The van der Waals surface area contributed by atoms with E-state index in [0.29, 0.717) is 5.69 Å². The van der Waals surface area contributed by atoms with Gasteiger partial charge in [0.25, 0.3) is 5.91 Å². The molecule has 0 radical (unpaired) electrons. The van der Waals surface area contributed by atoms with Crippen LogP contribution in [0.2, 0.25) is 0 Å². The summed E-state index contributed by atoms with van der Waals surface area (Å²) in [5.41, 5.74) is 0.626. The number of hydrogen-bond acceptors (Lipinski definition) is 5.